The van der Waals surface area contributed by atoms with E-state index >= 15 is 0 Å². The maximum atomic E-state index is 11.1. The van der Waals surface area contributed by atoms with Crippen LogP contribution >= 0.6 is 11.6 Å². The number of allylic oxidation sites excluding steroid dienone is 1. The zero-order chi connectivity index (χ0) is 20.8. The Balaban J connectivity index is 1.76. The maximum absolute atomic E-state index is 11.1. The molecule has 0 saturated heterocycles. The number of aromatic carboxylic acids is 1. The molecule has 29 heavy (non-hydrogen) atoms. The molecule has 0 bridgehead atoms. The zero-order valence-corrected chi connectivity index (χ0v) is 16.5. The lowest BCUT2D eigenvalue weighted by atomic mass is 10.0. The van der Waals surface area contributed by atoms with Crippen LogP contribution in [0.25, 0.3) is 11.6 Å². The molecule has 0 aliphatic carbocycles. The lowest BCUT2D eigenvalue weighted by molar-refractivity contribution is 0.0696. The molecule has 3 rings (SSSR count). The topological polar surface area (TPSA) is 70.3 Å². The van der Waals surface area contributed by atoms with Crippen molar-refractivity contribution in [2.45, 2.75) is 13.5 Å². The summed E-state index contributed by atoms with van der Waals surface area (Å²) in [6.07, 6.45) is 1.77. The fourth-order valence-electron chi connectivity index (χ4n) is 2.76. The van der Waals surface area contributed by atoms with Crippen molar-refractivity contribution in [3.05, 3.63) is 99.6 Å². The number of rotatable bonds is 6. The summed E-state index contributed by atoms with van der Waals surface area (Å²) in [5.41, 5.74) is 4.24. The van der Waals surface area contributed by atoms with E-state index in [-0.39, 0.29) is 12.2 Å². The van der Waals surface area contributed by atoms with Gasteiger partial charge in [-0.1, -0.05) is 59.6 Å². The minimum atomic E-state index is -0.983. The van der Waals surface area contributed by atoms with Crippen molar-refractivity contribution in [3.8, 4) is 11.8 Å². The molecule has 1 N–H and O–H groups in total. The molecule has 0 spiro atoms. The largest absolute Gasteiger partial charge is 0.487 e. The molecule has 0 heterocycles. The molecule has 3 aromatic rings. The third-order valence-corrected chi connectivity index (χ3v) is 4.61. The van der Waals surface area contributed by atoms with Gasteiger partial charge in [-0.3, -0.25) is 0 Å². The quantitative estimate of drug-likeness (QED) is 0.405. The molecule has 0 aliphatic heterocycles. The highest BCUT2D eigenvalue weighted by atomic mass is 35.5. The molecule has 0 aliphatic rings. The first-order chi connectivity index (χ1) is 14.0. The number of hydrogen-bond acceptors (Lipinski definition) is 3. The Morgan fingerprint density at radius 1 is 1.10 bits per heavy atom. The van der Waals surface area contributed by atoms with Gasteiger partial charge in [-0.05, 0) is 54.0 Å². The number of nitrogens with zero attached hydrogens (tertiary/aromatic N) is 1. The molecule has 0 unspecified atom stereocenters. The van der Waals surface area contributed by atoms with Crippen LogP contribution in [0.15, 0.2) is 66.7 Å². The van der Waals surface area contributed by atoms with Crippen molar-refractivity contribution < 1.29 is 14.6 Å². The van der Waals surface area contributed by atoms with E-state index in [2.05, 4.69) is 6.07 Å². The molecule has 0 saturated carbocycles. The summed E-state index contributed by atoms with van der Waals surface area (Å²) in [5.74, 6) is -0.499. The van der Waals surface area contributed by atoms with Crippen molar-refractivity contribution in [3.63, 3.8) is 0 Å². The molecule has 0 fully saturated rings. The lowest BCUT2D eigenvalue weighted by Gasteiger charge is -2.09. The summed E-state index contributed by atoms with van der Waals surface area (Å²) in [5, 5.41) is 19.0. The number of aryl methyl sites for hydroxylation is 1. The van der Waals surface area contributed by atoms with E-state index in [1.54, 1.807) is 36.4 Å². The van der Waals surface area contributed by atoms with Crippen LogP contribution in [0.5, 0.6) is 5.75 Å². The highest BCUT2D eigenvalue weighted by Crippen LogP contribution is 2.28. The minimum absolute atomic E-state index is 0.197. The van der Waals surface area contributed by atoms with E-state index in [4.69, 9.17) is 21.4 Å². The van der Waals surface area contributed by atoms with Gasteiger partial charge < -0.3 is 9.84 Å². The molecule has 4 nitrogen and oxygen atoms in total. The molecule has 0 amide bonds. The van der Waals surface area contributed by atoms with Crippen LogP contribution in [-0.4, -0.2) is 11.1 Å². The van der Waals surface area contributed by atoms with Crippen molar-refractivity contribution in [2.24, 2.45) is 0 Å². The van der Waals surface area contributed by atoms with E-state index < -0.39 is 5.97 Å². The second-order valence-electron chi connectivity index (χ2n) is 6.52. The second-order valence-corrected chi connectivity index (χ2v) is 6.93. The first-order valence-corrected chi connectivity index (χ1v) is 9.27. The summed E-state index contributed by atoms with van der Waals surface area (Å²) in [6, 6.07) is 21.8. The highest BCUT2D eigenvalue weighted by molar-refractivity contribution is 6.32. The smallest absolute Gasteiger partial charge is 0.335 e. The van der Waals surface area contributed by atoms with E-state index in [0.717, 1.165) is 22.3 Å². The Kier molecular flexibility index (Phi) is 6.33. The predicted molar refractivity (Wildman–Crippen MR) is 114 cm³/mol. The van der Waals surface area contributed by atoms with Crippen molar-refractivity contribution >= 4 is 29.2 Å². The highest BCUT2D eigenvalue weighted by Gasteiger charge is 2.07. The molecule has 5 heteroatoms. The Morgan fingerprint density at radius 2 is 1.86 bits per heavy atom. The van der Waals surface area contributed by atoms with E-state index in [0.29, 0.717) is 16.3 Å². The monoisotopic (exact) mass is 403 g/mol. The van der Waals surface area contributed by atoms with Gasteiger partial charge in [0, 0.05) is 0 Å². The molecule has 144 valence electrons. The van der Waals surface area contributed by atoms with Crippen LogP contribution in [0.2, 0.25) is 5.02 Å². The van der Waals surface area contributed by atoms with E-state index in [1.807, 2.05) is 37.3 Å². The van der Waals surface area contributed by atoms with Gasteiger partial charge in [0.05, 0.1) is 22.2 Å². The number of benzene rings is 3. The van der Waals surface area contributed by atoms with Crippen LogP contribution in [0.3, 0.4) is 0 Å². The molecular formula is C24H18ClNO3. The number of ether oxygens (including phenoxy) is 1. The van der Waals surface area contributed by atoms with E-state index in [1.165, 1.54) is 6.07 Å². The van der Waals surface area contributed by atoms with Gasteiger partial charge in [0.1, 0.15) is 12.4 Å². The first kappa shape index (κ1) is 20.2. The summed E-state index contributed by atoms with van der Waals surface area (Å²) in [6.45, 7) is 2.19. The first-order valence-electron chi connectivity index (χ1n) is 8.89. The Bertz CT molecular complexity index is 1110. The van der Waals surface area contributed by atoms with Gasteiger partial charge in [-0.15, -0.1) is 0 Å². The van der Waals surface area contributed by atoms with Gasteiger partial charge in [-0.25, -0.2) is 4.79 Å². The number of carboxylic acids is 1. The third-order valence-electron chi connectivity index (χ3n) is 4.32. The van der Waals surface area contributed by atoms with Gasteiger partial charge >= 0.3 is 5.97 Å². The minimum Gasteiger partial charge on any atom is -0.487 e. The number of hydrogen-bond donors (Lipinski definition) is 1. The number of carbonyl (C=O) groups is 1. The van der Waals surface area contributed by atoms with Gasteiger partial charge in [0.25, 0.3) is 0 Å². The van der Waals surface area contributed by atoms with Crippen LogP contribution in [0.1, 0.15) is 32.6 Å². The molecule has 0 aromatic heterocycles. The zero-order valence-electron chi connectivity index (χ0n) is 15.7. The number of carboxylic acid groups (broad SMARTS) is 1. The fraction of sp³-hybridized carbons (Fsp3) is 0.0833. The summed E-state index contributed by atoms with van der Waals surface area (Å²) in [7, 11) is 0. The predicted octanol–water partition coefficient (Wildman–Crippen LogP) is 5.99. The van der Waals surface area contributed by atoms with Crippen LogP contribution in [0.4, 0.5) is 0 Å². The molecule has 0 radical (unpaired) electrons. The van der Waals surface area contributed by atoms with Crippen LogP contribution < -0.4 is 4.74 Å². The Labute approximate surface area is 174 Å². The lowest BCUT2D eigenvalue weighted by Crippen LogP contribution is -2.00. The van der Waals surface area contributed by atoms with Crippen LogP contribution in [-0.2, 0) is 6.61 Å². The molecule has 3 aromatic carbocycles. The summed E-state index contributed by atoms with van der Waals surface area (Å²) >= 11 is 6.34. The average Bonchev–Trinajstić information content (AvgIpc) is 2.72. The van der Waals surface area contributed by atoms with Crippen LogP contribution in [0, 0.1) is 18.3 Å². The average molecular weight is 404 g/mol. The summed E-state index contributed by atoms with van der Waals surface area (Å²) in [4.78, 5) is 11.1. The number of nitriles is 1. The van der Waals surface area contributed by atoms with Crippen molar-refractivity contribution in [2.75, 3.05) is 0 Å². The molecule has 0 atom stereocenters. The standard InChI is InChI=1S/C24H18ClNO3/c1-16-5-8-19(9-6-16)21(14-26)11-17-7-10-23(22(25)13-17)29-15-18-3-2-4-20(12-18)24(27)28/h2-13H,15H2,1H3,(H,27,28)/b21-11-. The Hall–Kier alpha value is -3.55. The maximum Gasteiger partial charge on any atom is 0.335 e. The van der Waals surface area contributed by atoms with Crippen molar-refractivity contribution in [1.29, 1.82) is 5.26 Å². The van der Waals surface area contributed by atoms with Crippen molar-refractivity contribution in [1.82, 2.24) is 0 Å². The van der Waals surface area contributed by atoms with Gasteiger partial charge in [-0.2, -0.15) is 5.26 Å². The second kappa shape index (κ2) is 9.09. The third kappa shape index (κ3) is 5.25. The SMILES string of the molecule is Cc1ccc(/C(C#N)=C\c2ccc(OCc3cccc(C(=O)O)c3)c(Cl)c2)cc1. The number of halogens is 1. The Morgan fingerprint density at radius 3 is 2.52 bits per heavy atom. The van der Waals surface area contributed by atoms with Gasteiger partial charge in [0.15, 0.2) is 0 Å². The molecular weight excluding hydrogens is 386 g/mol. The normalized spacial score (nSPS) is 11.0. The van der Waals surface area contributed by atoms with E-state index in [9.17, 15) is 10.1 Å². The fourth-order valence-corrected chi connectivity index (χ4v) is 3.00. The summed E-state index contributed by atoms with van der Waals surface area (Å²) < 4.78 is 5.73. The van der Waals surface area contributed by atoms with Gasteiger partial charge in [0.2, 0.25) is 0 Å².